The first kappa shape index (κ1) is 15.3. The van der Waals surface area contributed by atoms with Crippen LogP contribution in [0.5, 0.6) is 0 Å². The predicted octanol–water partition coefficient (Wildman–Crippen LogP) is 1.30. The van der Waals surface area contributed by atoms with Gasteiger partial charge in [0.2, 0.25) is 5.91 Å². The number of aliphatic hydroxyl groups excluding tert-OH is 1. The van der Waals surface area contributed by atoms with Crippen molar-refractivity contribution in [2.24, 2.45) is 0 Å². The van der Waals surface area contributed by atoms with Gasteiger partial charge in [0.25, 0.3) is 0 Å². The van der Waals surface area contributed by atoms with Crippen LogP contribution in [0.4, 0.5) is 4.39 Å². The van der Waals surface area contributed by atoms with E-state index in [1.165, 1.54) is 30.2 Å². The Kier molecular flexibility index (Phi) is 6.18. The van der Waals surface area contributed by atoms with Gasteiger partial charge in [-0.25, -0.2) is 4.39 Å². The Morgan fingerprint density at radius 3 is 2.84 bits per heavy atom. The van der Waals surface area contributed by atoms with Crippen LogP contribution in [-0.4, -0.2) is 49.3 Å². The molecular formula is C14H18FNO3. The van der Waals surface area contributed by atoms with E-state index in [2.05, 4.69) is 0 Å². The third kappa shape index (κ3) is 5.19. The number of amides is 1. The van der Waals surface area contributed by atoms with Gasteiger partial charge in [-0.05, 0) is 12.1 Å². The van der Waals surface area contributed by atoms with E-state index in [4.69, 9.17) is 4.74 Å². The summed E-state index contributed by atoms with van der Waals surface area (Å²) in [6, 6.07) is 6.19. The molecule has 0 aliphatic rings. The number of benzene rings is 1. The molecule has 0 fully saturated rings. The zero-order chi connectivity index (χ0) is 14.3. The zero-order valence-electron chi connectivity index (χ0n) is 11.0. The van der Waals surface area contributed by atoms with E-state index in [-0.39, 0.29) is 24.9 Å². The second-order valence-corrected chi connectivity index (χ2v) is 4.18. The van der Waals surface area contributed by atoms with Crippen molar-refractivity contribution >= 4 is 12.0 Å². The van der Waals surface area contributed by atoms with Crippen LogP contribution in [0.25, 0.3) is 6.08 Å². The van der Waals surface area contributed by atoms with Crippen molar-refractivity contribution in [2.75, 3.05) is 27.3 Å². The van der Waals surface area contributed by atoms with Crippen molar-refractivity contribution in [3.63, 3.8) is 0 Å². The second-order valence-electron chi connectivity index (χ2n) is 4.18. The number of rotatable bonds is 6. The van der Waals surface area contributed by atoms with Gasteiger partial charge in [0.05, 0.1) is 12.7 Å². The van der Waals surface area contributed by atoms with Crippen LogP contribution in [-0.2, 0) is 9.53 Å². The predicted molar refractivity (Wildman–Crippen MR) is 71.0 cm³/mol. The molecule has 0 radical (unpaired) electrons. The van der Waals surface area contributed by atoms with Gasteiger partial charge in [-0.3, -0.25) is 4.79 Å². The highest BCUT2D eigenvalue weighted by Gasteiger charge is 2.11. The Labute approximate surface area is 112 Å². The van der Waals surface area contributed by atoms with E-state index in [1.54, 1.807) is 25.2 Å². The van der Waals surface area contributed by atoms with Gasteiger partial charge >= 0.3 is 0 Å². The third-order valence-corrected chi connectivity index (χ3v) is 2.53. The largest absolute Gasteiger partial charge is 0.389 e. The summed E-state index contributed by atoms with van der Waals surface area (Å²) in [4.78, 5) is 13.1. The van der Waals surface area contributed by atoms with E-state index in [0.29, 0.717) is 5.56 Å². The molecule has 1 rings (SSSR count). The summed E-state index contributed by atoms with van der Waals surface area (Å²) >= 11 is 0. The smallest absolute Gasteiger partial charge is 0.246 e. The molecule has 0 spiro atoms. The minimum absolute atomic E-state index is 0.161. The maximum atomic E-state index is 13.3. The Morgan fingerprint density at radius 2 is 2.21 bits per heavy atom. The Morgan fingerprint density at radius 1 is 1.53 bits per heavy atom. The van der Waals surface area contributed by atoms with Gasteiger partial charge in [0.15, 0.2) is 0 Å². The van der Waals surface area contributed by atoms with Crippen molar-refractivity contribution in [1.29, 1.82) is 0 Å². The van der Waals surface area contributed by atoms with Gasteiger partial charge in [-0.2, -0.15) is 0 Å². The lowest BCUT2D eigenvalue weighted by Crippen LogP contribution is -2.35. The number of hydrogen-bond donors (Lipinski definition) is 1. The Hall–Kier alpha value is -1.72. The van der Waals surface area contributed by atoms with E-state index < -0.39 is 6.10 Å². The van der Waals surface area contributed by atoms with E-state index in [1.807, 2.05) is 0 Å². The standard InChI is InChI=1S/C14H18FNO3/c1-16(9-12(17)10-19-2)14(18)8-7-11-5-3-4-6-13(11)15/h3-8,12,17H,9-10H2,1-2H3. The first-order valence-corrected chi connectivity index (χ1v) is 5.89. The summed E-state index contributed by atoms with van der Waals surface area (Å²) < 4.78 is 18.1. The van der Waals surface area contributed by atoms with Gasteiger partial charge < -0.3 is 14.7 Å². The number of hydrogen-bond acceptors (Lipinski definition) is 3. The summed E-state index contributed by atoms with van der Waals surface area (Å²) in [6.45, 7) is 0.322. The van der Waals surface area contributed by atoms with Gasteiger partial charge in [-0.15, -0.1) is 0 Å². The lowest BCUT2D eigenvalue weighted by molar-refractivity contribution is -0.126. The van der Waals surface area contributed by atoms with Gasteiger partial charge in [0.1, 0.15) is 5.82 Å². The number of aliphatic hydroxyl groups is 1. The SMILES string of the molecule is COCC(O)CN(C)C(=O)C=Cc1ccccc1F. The number of methoxy groups -OCH3 is 1. The molecule has 1 aromatic carbocycles. The molecule has 0 aliphatic heterocycles. The highest BCUT2D eigenvalue weighted by molar-refractivity contribution is 5.91. The number of carbonyl (C=O) groups excluding carboxylic acids is 1. The van der Waals surface area contributed by atoms with E-state index >= 15 is 0 Å². The summed E-state index contributed by atoms with van der Waals surface area (Å²) in [5, 5.41) is 9.49. The maximum absolute atomic E-state index is 13.3. The number of carbonyl (C=O) groups is 1. The van der Waals surface area contributed by atoms with Gasteiger partial charge in [-0.1, -0.05) is 18.2 Å². The topological polar surface area (TPSA) is 49.8 Å². The molecule has 5 heteroatoms. The highest BCUT2D eigenvalue weighted by Crippen LogP contribution is 2.08. The molecule has 0 saturated heterocycles. The summed E-state index contributed by atoms with van der Waals surface area (Å²) in [5.74, 6) is -0.688. The Bertz CT molecular complexity index is 448. The molecule has 1 aromatic rings. The monoisotopic (exact) mass is 267 g/mol. The average Bonchev–Trinajstić information content (AvgIpc) is 2.37. The van der Waals surface area contributed by atoms with Crippen LogP contribution < -0.4 is 0 Å². The maximum Gasteiger partial charge on any atom is 0.246 e. The lowest BCUT2D eigenvalue weighted by atomic mass is 10.2. The molecule has 0 aromatic heterocycles. The van der Waals surface area contributed by atoms with E-state index in [0.717, 1.165) is 0 Å². The molecule has 4 nitrogen and oxygen atoms in total. The molecule has 1 atom stereocenters. The third-order valence-electron chi connectivity index (χ3n) is 2.53. The van der Waals surface area contributed by atoms with Crippen molar-refractivity contribution in [3.8, 4) is 0 Å². The molecule has 0 saturated carbocycles. The number of ether oxygens (including phenoxy) is 1. The van der Waals surface area contributed by atoms with Crippen LogP contribution in [0.15, 0.2) is 30.3 Å². The molecule has 0 bridgehead atoms. The van der Waals surface area contributed by atoms with Crippen LogP contribution >= 0.6 is 0 Å². The summed E-state index contributed by atoms with van der Waals surface area (Å²) in [5.41, 5.74) is 0.349. The first-order valence-electron chi connectivity index (χ1n) is 5.89. The molecule has 104 valence electrons. The minimum atomic E-state index is -0.735. The van der Waals surface area contributed by atoms with Crippen LogP contribution in [0.3, 0.4) is 0 Å². The highest BCUT2D eigenvalue weighted by atomic mass is 19.1. The van der Waals surface area contributed by atoms with Crippen LogP contribution in [0, 0.1) is 5.82 Å². The molecule has 19 heavy (non-hydrogen) atoms. The molecule has 0 aliphatic carbocycles. The van der Waals surface area contributed by atoms with Gasteiger partial charge in [0, 0.05) is 32.3 Å². The quantitative estimate of drug-likeness (QED) is 0.790. The number of halogens is 1. The molecular weight excluding hydrogens is 249 g/mol. The molecule has 1 amide bonds. The van der Waals surface area contributed by atoms with Crippen molar-refractivity contribution in [2.45, 2.75) is 6.10 Å². The lowest BCUT2D eigenvalue weighted by Gasteiger charge is -2.18. The number of nitrogens with zero attached hydrogens (tertiary/aromatic N) is 1. The Balaban J connectivity index is 2.57. The summed E-state index contributed by atoms with van der Waals surface area (Å²) in [7, 11) is 3.04. The van der Waals surface area contributed by atoms with Crippen LogP contribution in [0.2, 0.25) is 0 Å². The second kappa shape index (κ2) is 7.66. The van der Waals surface area contributed by atoms with Crippen molar-refractivity contribution in [3.05, 3.63) is 41.7 Å². The first-order chi connectivity index (χ1) is 9.04. The number of likely N-dealkylation sites (N-methyl/N-ethyl adjacent to an activating group) is 1. The average molecular weight is 267 g/mol. The van der Waals surface area contributed by atoms with Crippen molar-refractivity contribution < 1.29 is 19.0 Å². The van der Waals surface area contributed by atoms with E-state index in [9.17, 15) is 14.3 Å². The minimum Gasteiger partial charge on any atom is -0.389 e. The van der Waals surface area contributed by atoms with Crippen molar-refractivity contribution in [1.82, 2.24) is 4.90 Å². The normalized spacial score (nSPS) is 12.6. The summed E-state index contributed by atoms with van der Waals surface area (Å²) in [6.07, 6.45) is 1.95. The van der Waals surface area contributed by atoms with Crippen LogP contribution in [0.1, 0.15) is 5.56 Å². The fourth-order valence-electron chi connectivity index (χ4n) is 1.55. The molecule has 1 unspecified atom stereocenters. The molecule has 1 N–H and O–H groups in total. The zero-order valence-corrected chi connectivity index (χ0v) is 11.0. The molecule has 0 heterocycles. The fourth-order valence-corrected chi connectivity index (χ4v) is 1.55. The fraction of sp³-hybridized carbons (Fsp3) is 0.357.